The van der Waals surface area contributed by atoms with Crippen LogP contribution in [0.2, 0.25) is 0 Å². The third-order valence-corrected chi connectivity index (χ3v) is 1.43. The molecule has 3 N–H and O–H groups in total. The van der Waals surface area contributed by atoms with Crippen LogP contribution in [-0.2, 0) is 0 Å². The minimum absolute atomic E-state index is 0. The molecule has 4 nitrogen and oxygen atoms in total. The maximum atomic E-state index is 10.3. The quantitative estimate of drug-likeness (QED) is 0.482. The Morgan fingerprint density at radius 2 is 1.57 bits per heavy atom. The first-order valence-corrected chi connectivity index (χ1v) is 4.69. The largest absolute Gasteiger partial charge is 2.00 e. The van der Waals surface area contributed by atoms with E-state index in [-0.39, 0.29) is 49.0 Å². The molecule has 0 aromatic rings. The Labute approximate surface area is 125 Å². The maximum absolute atomic E-state index is 10.3. The Morgan fingerprint density at radius 1 is 1.29 bits per heavy atom. The molecule has 0 saturated carbocycles. The topological polar surface area (TPSA) is 84.2 Å². The Balaban J connectivity index is -0.000000209. The monoisotopic (exact) mass is 262 g/mol. The number of hydrogen-bond acceptors (Lipinski definition) is 4. The van der Waals surface area contributed by atoms with Crippen LogP contribution < -0.4 is 21.3 Å². The SMILES string of the molecule is CCC(CC)NC([O-])=S.NC([O-])=S.[Ca+2]. The minimum Gasteiger partial charge on any atom is -0.852 e. The van der Waals surface area contributed by atoms with Crippen LogP contribution >= 0.6 is 24.4 Å². The van der Waals surface area contributed by atoms with Gasteiger partial charge >= 0.3 is 37.7 Å². The van der Waals surface area contributed by atoms with E-state index in [2.05, 4.69) is 35.5 Å². The van der Waals surface area contributed by atoms with E-state index in [4.69, 9.17) is 5.11 Å². The first-order valence-electron chi connectivity index (χ1n) is 3.87. The number of nitrogens with one attached hydrogen (secondary N) is 1. The Kier molecular flexibility index (Phi) is 19.6. The number of rotatable bonds is 3. The molecule has 78 valence electrons. The van der Waals surface area contributed by atoms with E-state index in [0.717, 1.165) is 12.8 Å². The minimum atomic E-state index is -0.750. The predicted molar refractivity (Wildman–Crippen MR) is 62.6 cm³/mol. The van der Waals surface area contributed by atoms with Crippen LogP contribution in [0.3, 0.4) is 0 Å². The van der Waals surface area contributed by atoms with Crippen molar-refractivity contribution in [1.82, 2.24) is 5.32 Å². The molecule has 0 aliphatic heterocycles. The third-order valence-electron chi connectivity index (χ3n) is 1.31. The molecule has 0 aliphatic rings. The summed E-state index contributed by atoms with van der Waals surface area (Å²) in [4.78, 5) is 0. The van der Waals surface area contributed by atoms with Crippen LogP contribution in [0.25, 0.3) is 0 Å². The van der Waals surface area contributed by atoms with Crippen LogP contribution in [0, 0.1) is 0 Å². The van der Waals surface area contributed by atoms with Gasteiger partial charge in [-0.25, -0.2) is 0 Å². The molecular formula is C7H14CaN2O2S2. The molecule has 0 aromatic heterocycles. The van der Waals surface area contributed by atoms with Gasteiger partial charge in [-0.1, -0.05) is 38.3 Å². The van der Waals surface area contributed by atoms with Crippen molar-refractivity contribution < 1.29 is 10.2 Å². The molecule has 0 atom stereocenters. The average Bonchev–Trinajstić information content (AvgIpc) is 1.98. The summed E-state index contributed by atoms with van der Waals surface area (Å²) in [6, 6.07) is 0.273. The molecule has 14 heavy (non-hydrogen) atoms. The van der Waals surface area contributed by atoms with Crippen molar-refractivity contribution in [3.8, 4) is 0 Å². The smallest absolute Gasteiger partial charge is 0.852 e. The average molecular weight is 262 g/mol. The zero-order valence-electron chi connectivity index (χ0n) is 8.41. The van der Waals surface area contributed by atoms with Gasteiger partial charge in [0.15, 0.2) is 0 Å². The van der Waals surface area contributed by atoms with E-state index >= 15 is 0 Å². The van der Waals surface area contributed by atoms with E-state index in [0.29, 0.717) is 0 Å². The molecule has 0 bridgehead atoms. The first-order chi connectivity index (χ1) is 5.93. The van der Waals surface area contributed by atoms with Crippen molar-refractivity contribution in [2.24, 2.45) is 5.73 Å². The molecule has 0 rings (SSSR count). The van der Waals surface area contributed by atoms with Gasteiger partial charge in [0.1, 0.15) is 0 Å². The fraction of sp³-hybridized carbons (Fsp3) is 0.714. The van der Waals surface area contributed by atoms with Gasteiger partial charge in [0.2, 0.25) is 0 Å². The van der Waals surface area contributed by atoms with Crippen molar-refractivity contribution >= 4 is 72.5 Å². The number of nitrogens with two attached hydrogens (primary N) is 1. The summed E-state index contributed by atoms with van der Waals surface area (Å²) in [5.74, 6) is 0. The molecule has 0 radical (unpaired) electrons. The van der Waals surface area contributed by atoms with Crippen molar-refractivity contribution in [1.29, 1.82) is 0 Å². The van der Waals surface area contributed by atoms with Crippen LogP contribution in [0.1, 0.15) is 26.7 Å². The van der Waals surface area contributed by atoms with Crippen molar-refractivity contribution in [3.63, 3.8) is 0 Å². The number of thiocarbonyl (C=S) groups is 2. The van der Waals surface area contributed by atoms with Gasteiger partial charge in [-0.15, -0.1) is 0 Å². The third kappa shape index (κ3) is 22.9. The second kappa shape index (κ2) is 13.6. The standard InChI is InChI=1S/C6H13NOS.CH3NOS.Ca/c1-3-5(4-2)7-6(8)9;2-1(3)4;/h5H,3-4H2,1-2H3,(H2,7,8,9);(H3,2,3,4);/q;;+2/p-2. The fourth-order valence-electron chi connectivity index (χ4n) is 0.659. The molecule has 0 aliphatic carbocycles. The second-order valence-electron chi connectivity index (χ2n) is 2.26. The second-order valence-corrected chi connectivity index (χ2v) is 3.04. The zero-order chi connectivity index (χ0) is 10.9. The zero-order valence-corrected chi connectivity index (χ0v) is 12.3. The molecule has 0 unspecified atom stereocenters. The summed E-state index contributed by atoms with van der Waals surface area (Å²) >= 11 is 8.10. The van der Waals surface area contributed by atoms with E-state index in [9.17, 15) is 5.11 Å². The van der Waals surface area contributed by atoms with Gasteiger partial charge in [0.25, 0.3) is 0 Å². The number of hydrogen-bond donors (Lipinski definition) is 2. The summed E-state index contributed by atoms with van der Waals surface area (Å²) < 4.78 is 0. The Morgan fingerprint density at radius 3 is 1.64 bits per heavy atom. The molecule has 7 heteroatoms. The van der Waals surface area contributed by atoms with Gasteiger partial charge in [-0.3, -0.25) is 0 Å². The normalized spacial score (nSPS) is 7.93. The van der Waals surface area contributed by atoms with Gasteiger partial charge in [0.05, 0.1) is 0 Å². The van der Waals surface area contributed by atoms with E-state index in [1.54, 1.807) is 0 Å². The van der Waals surface area contributed by atoms with E-state index in [1.165, 1.54) is 0 Å². The molecule has 0 spiro atoms. The van der Waals surface area contributed by atoms with Gasteiger partial charge in [-0.05, 0) is 12.8 Å². The van der Waals surface area contributed by atoms with Gasteiger partial charge < -0.3 is 21.3 Å². The molecule has 0 heterocycles. The summed E-state index contributed by atoms with van der Waals surface area (Å²) in [7, 11) is 0. The Bertz CT molecular complexity index is 162. The summed E-state index contributed by atoms with van der Waals surface area (Å²) in [5, 5.41) is 20.9. The van der Waals surface area contributed by atoms with Gasteiger partial charge in [0, 0.05) is 16.4 Å². The van der Waals surface area contributed by atoms with Crippen LogP contribution in [0.4, 0.5) is 0 Å². The molecular weight excluding hydrogens is 248 g/mol. The Hall–Kier alpha value is 0.640. The summed E-state index contributed by atoms with van der Waals surface area (Å²) in [6.45, 7) is 4.05. The molecule has 0 fully saturated rings. The molecule has 0 saturated heterocycles. The predicted octanol–water partition coefficient (Wildman–Crippen LogP) is -1.38. The van der Waals surface area contributed by atoms with Crippen LogP contribution in [-0.4, -0.2) is 54.1 Å². The maximum Gasteiger partial charge on any atom is 2.00 e. The van der Waals surface area contributed by atoms with E-state index < -0.39 is 5.17 Å². The molecule has 0 aromatic carbocycles. The van der Waals surface area contributed by atoms with Crippen molar-refractivity contribution in [2.45, 2.75) is 32.7 Å². The fourth-order valence-corrected chi connectivity index (χ4v) is 0.826. The molecule has 0 amide bonds. The van der Waals surface area contributed by atoms with Gasteiger partial charge in [-0.2, -0.15) is 0 Å². The summed E-state index contributed by atoms with van der Waals surface area (Å²) in [5.41, 5.74) is 4.29. The van der Waals surface area contributed by atoms with E-state index in [1.807, 2.05) is 13.8 Å². The van der Waals surface area contributed by atoms with Crippen LogP contribution in [0.15, 0.2) is 0 Å². The van der Waals surface area contributed by atoms with Crippen LogP contribution in [0.5, 0.6) is 0 Å². The van der Waals surface area contributed by atoms with Crippen molar-refractivity contribution in [3.05, 3.63) is 0 Å². The van der Waals surface area contributed by atoms with Crippen molar-refractivity contribution in [2.75, 3.05) is 0 Å². The first kappa shape index (κ1) is 20.1. The summed E-state index contributed by atoms with van der Waals surface area (Å²) in [6.07, 6.45) is 1.91.